The number of amides is 1. The molecule has 118 valence electrons. The molecule has 1 aliphatic heterocycles. The molecule has 0 aromatic heterocycles. The average molecular weight is 305 g/mol. The van der Waals surface area contributed by atoms with Crippen LogP contribution in [0.15, 0.2) is 0 Å². The lowest BCUT2D eigenvalue weighted by Crippen LogP contribution is -2.54. The first-order chi connectivity index (χ1) is 8.99. The molecule has 0 aromatic rings. The molecule has 0 aromatic carbocycles. The summed E-state index contributed by atoms with van der Waals surface area (Å²) in [6.45, 7) is 6.05. The highest BCUT2D eigenvalue weighted by Crippen LogP contribution is 2.28. The largest absolute Gasteiger partial charge is 0.368 e. The number of carbonyl (C=O) groups excluding carboxylic acids is 1. The average Bonchev–Trinajstić information content (AvgIpc) is 2.40. The SMILES string of the molecule is CC1(C)CN(C(=O)COC2CCCCC2)CCC1N.Cl. The molecule has 1 atom stereocenters. The molecule has 1 saturated carbocycles. The van der Waals surface area contributed by atoms with E-state index in [9.17, 15) is 4.79 Å². The van der Waals surface area contributed by atoms with Gasteiger partial charge in [0, 0.05) is 19.1 Å². The lowest BCUT2D eigenvalue weighted by atomic mass is 9.80. The third kappa shape index (κ3) is 4.61. The van der Waals surface area contributed by atoms with Gasteiger partial charge in [-0.05, 0) is 24.7 Å². The van der Waals surface area contributed by atoms with E-state index in [0.29, 0.717) is 6.10 Å². The summed E-state index contributed by atoms with van der Waals surface area (Å²) in [5.74, 6) is 0.130. The van der Waals surface area contributed by atoms with Crippen LogP contribution in [0.5, 0.6) is 0 Å². The third-order valence-corrected chi connectivity index (χ3v) is 4.66. The topological polar surface area (TPSA) is 55.6 Å². The normalized spacial score (nSPS) is 26.9. The molecule has 2 rings (SSSR count). The number of rotatable bonds is 3. The predicted molar refractivity (Wildman–Crippen MR) is 83.0 cm³/mol. The van der Waals surface area contributed by atoms with Gasteiger partial charge in [-0.3, -0.25) is 4.79 Å². The first-order valence-electron chi connectivity index (χ1n) is 7.64. The third-order valence-electron chi connectivity index (χ3n) is 4.66. The molecule has 0 radical (unpaired) electrons. The summed E-state index contributed by atoms with van der Waals surface area (Å²) in [6, 6.07) is 0.191. The fourth-order valence-electron chi connectivity index (χ4n) is 3.10. The van der Waals surface area contributed by atoms with Crippen molar-refractivity contribution >= 4 is 18.3 Å². The van der Waals surface area contributed by atoms with Gasteiger partial charge in [0.15, 0.2) is 0 Å². The Kier molecular flexibility index (Phi) is 6.76. The van der Waals surface area contributed by atoms with Crippen LogP contribution in [0.2, 0.25) is 0 Å². The van der Waals surface area contributed by atoms with Crippen molar-refractivity contribution in [1.29, 1.82) is 0 Å². The molecule has 2 fully saturated rings. The van der Waals surface area contributed by atoms with Crippen LogP contribution in [0.4, 0.5) is 0 Å². The molecule has 1 saturated heterocycles. The second-order valence-electron chi connectivity index (χ2n) is 6.77. The van der Waals surface area contributed by atoms with Gasteiger partial charge in [-0.25, -0.2) is 0 Å². The minimum atomic E-state index is 0. The van der Waals surface area contributed by atoms with Gasteiger partial charge in [0.05, 0.1) is 6.10 Å². The Balaban J connectivity index is 0.00000200. The van der Waals surface area contributed by atoms with E-state index in [-0.39, 0.29) is 36.4 Å². The maximum atomic E-state index is 12.2. The van der Waals surface area contributed by atoms with Crippen LogP contribution in [-0.4, -0.2) is 42.6 Å². The van der Waals surface area contributed by atoms with E-state index in [4.69, 9.17) is 10.5 Å². The maximum absolute atomic E-state index is 12.2. The summed E-state index contributed by atoms with van der Waals surface area (Å²) in [5, 5.41) is 0. The molecule has 2 aliphatic rings. The van der Waals surface area contributed by atoms with Crippen LogP contribution >= 0.6 is 12.4 Å². The molecule has 1 aliphatic carbocycles. The van der Waals surface area contributed by atoms with Crippen LogP contribution in [0.25, 0.3) is 0 Å². The number of likely N-dealkylation sites (tertiary alicyclic amines) is 1. The van der Waals surface area contributed by atoms with Gasteiger partial charge >= 0.3 is 0 Å². The van der Waals surface area contributed by atoms with Crippen molar-refractivity contribution in [2.24, 2.45) is 11.1 Å². The number of hydrogen-bond acceptors (Lipinski definition) is 3. The molecule has 4 nitrogen and oxygen atoms in total. The Bertz CT molecular complexity index is 317. The van der Waals surface area contributed by atoms with Crippen LogP contribution in [0, 0.1) is 5.41 Å². The summed E-state index contributed by atoms with van der Waals surface area (Å²) >= 11 is 0. The Hall–Kier alpha value is -0.320. The summed E-state index contributed by atoms with van der Waals surface area (Å²) in [4.78, 5) is 14.1. The standard InChI is InChI=1S/C15H28N2O2.ClH/c1-15(2)11-17(9-8-13(15)16)14(18)10-19-12-6-4-3-5-7-12;/h12-13H,3-11,16H2,1-2H3;1H. The summed E-state index contributed by atoms with van der Waals surface area (Å²) in [7, 11) is 0. The number of hydrogen-bond donors (Lipinski definition) is 1. The lowest BCUT2D eigenvalue weighted by molar-refractivity contribution is -0.142. The Morgan fingerprint density at radius 3 is 2.50 bits per heavy atom. The Labute approximate surface area is 128 Å². The molecular formula is C15H29ClN2O2. The molecule has 1 amide bonds. The molecule has 2 N–H and O–H groups in total. The van der Waals surface area contributed by atoms with Crippen molar-refractivity contribution in [2.75, 3.05) is 19.7 Å². The van der Waals surface area contributed by atoms with Gasteiger partial charge in [-0.15, -0.1) is 12.4 Å². The molecule has 20 heavy (non-hydrogen) atoms. The molecule has 0 spiro atoms. The first kappa shape index (κ1) is 17.7. The number of piperidine rings is 1. The zero-order valence-corrected chi connectivity index (χ0v) is 13.6. The summed E-state index contributed by atoms with van der Waals surface area (Å²) in [6.07, 6.45) is 7.22. The number of nitrogens with two attached hydrogens (primary N) is 1. The predicted octanol–water partition coefficient (Wildman–Crippen LogP) is 2.34. The smallest absolute Gasteiger partial charge is 0.248 e. The van der Waals surface area contributed by atoms with Gasteiger partial charge in [-0.1, -0.05) is 33.1 Å². The lowest BCUT2D eigenvalue weighted by Gasteiger charge is -2.42. The molecule has 0 bridgehead atoms. The van der Waals surface area contributed by atoms with Crippen LogP contribution in [-0.2, 0) is 9.53 Å². The molecule has 1 unspecified atom stereocenters. The van der Waals surface area contributed by atoms with Gasteiger partial charge in [0.2, 0.25) is 5.91 Å². The quantitative estimate of drug-likeness (QED) is 0.871. The highest BCUT2D eigenvalue weighted by Gasteiger charge is 2.35. The number of halogens is 1. The zero-order valence-electron chi connectivity index (χ0n) is 12.8. The number of ether oxygens (including phenoxy) is 1. The van der Waals surface area contributed by atoms with E-state index >= 15 is 0 Å². The Morgan fingerprint density at radius 1 is 1.25 bits per heavy atom. The first-order valence-corrected chi connectivity index (χ1v) is 7.64. The van der Waals surface area contributed by atoms with E-state index in [2.05, 4.69) is 13.8 Å². The van der Waals surface area contributed by atoms with E-state index in [1.54, 1.807) is 0 Å². The van der Waals surface area contributed by atoms with Gasteiger partial charge in [0.1, 0.15) is 6.61 Å². The van der Waals surface area contributed by atoms with Crippen molar-refractivity contribution < 1.29 is 9.53 Å². The minimum Gasteiger partial charge on any atom is -0.368 e. The molecule has 1 heterocycles. The second kappa shape index (κ2) is 7.62. The Morgan fingerprint density at radius 2 is 1.90 bits per heavy atom. The van der Waals surface area contributed by atoms with Crippen LogP contribution in [0.1, 0.15) is 52.4 Å². The van der Waals surface area contributed by atoms with Gasteiger partial charge in [0.25, 0.3) is 0 Å². The highest BCUT2D eigenvalue weighted by molar-refractivity contribution is 5.85. The van der Waals surface area contributed by atoms with E-state index in [1.165, 1.54) is 19.3 Å². The van der Waals surface area contributed by atoms with E-state index in [0.717, 1.165) is 32.4 Å². The molecular weight excluding hydrogens is 276 g/mol. The maximum Gasteiger partial charge on any atom is 0.248 e. The zero-order chi connectivity index (χ0) is 13.9. The van der Waals surface area contributed by atoms with E-state index in [1.807, 2.05) is 4.90 Å². The molecule has 5 heteroatoms. The number of nitrogens with zero attached hydrogens (tertiary/aromatic N) is 1. The van der Waals surface area contributed by atoms with Crippen molar-refractivity contribution in [1.82, 2.24) is 4.90 Å². The summed E-state index contributed by atoms with van der Waals surface area (Å²) in [5.41, 5.74) is 6.11. The number of carbonyl (C=O) groups is 1. The second-order valence-corrected chi connectivity index (χ2v) is 6.77. The minimum absolute atomic E-state index is 0. The van der Waals surface area contributed by atoms with Crippen molar-refractivity contribution in [3.8, 4) is 0 Å². The fraction of sp³-hybridized carbons (Fsp3) is 0.933. The van der Waals surface area contributed by atoms with Crippen molar-refractivity contribution in [3.63, 3.8) is 0 Å². The van der Waals surface area contributed by atoms with Crippen LogP contribution in [0.3, 0.4) is 0 Å². The van der Waals surface area contributed by atoms with Crippen molar-refractivity contribution in [2.45, 2.75) is 64.5 Å². The van der Waals surface area contributed by atoms with E-state index < -0.39 is 0 Å². The van der Waals surface area contributed by atoms with Gasteiger partial charge in [-0.2, -0.15) is 0 Å². The monoisotopic (exact) mass is 304 g/mol. The fourth-order valence-corrected chi connectivity index (χ4v) is 3.10. The van der Waals surface area contributed by atoms with Gasteiger partial charge < -0.3 is 15.4 Å². The van der Waals surface area contributed by atoms with Crippen molar-refractivity contribution in [3.05, 3.63) is 0 Å². The highest BCUT2D eigenvalue weighted by atomic mass is 35.5. The van der Waals surface area contributed by atoms with Crippen LogP contribution < -0.4 is 5.73 Å². The summed E-state index contributed by atoms with van der Waals surface area (Å²) < 4.78 is 5.77.